The van der Waals surface area contributed by atoms with E-state index in [0.29, 0.717) is 46.2 Å². The van der Waals surface area contributed by atoms with E-state index in [1.165, 1.54) is 24.3 Å². The van der Waals surface area contributed by atoms with Gasteiger partial charge in [-0.1, -0.05) is 18.1 Å². The monoisotopic (exact) mass is 473 g/mol. The van der Waals surface area contributed by atoms with Crippen molar-refractivity contribution < 1.29 is 38.1 Å². The summed E-state index contributed by atoms with van der Waals surface area (Å²) in [6, 6.07) is 12.7. The minimum atomic E-state index is -0.920. The molecule has 0 bridgehead atoms. The fraction of sp³-hybridized carbons (Fsp3) is 0.375. The molecular formula is C24H27NO9. The number of hydrogen-bond donors (Lipinski definition) is 0. The van der Waals surface area contributed by atoms with Gasteiger partial charge in [0, 0.05) is 17.7 Å². The molecule has 34 heavy (non-hydrogen) atoms. The Kier molecular flexibility index (Phi) is 12.7. The van der Waals surface area contributed by atoms with Gasteiger partial charge in [-0.05, 0) is 29.8 Å². The molecule has 0 aliphatic heterocycles. The van der Waals surface area contributed by atoms with Crippen molar-refractivity contribution >= 4 is 11.8 Å². The van der Waals surface area contributed by atoms with Crippen molar-refractivity contribution in [2.24, 2.45) is 0 Å². The molecule has 2 rings (SSSR count). The number of carbonyl (C=O) groups excluding carboxylic acids is 1. The normalized spacial score (nSPS) is 10.4. The first-order valence-electron chi connectivity index (χ1n) is 10.5. The van der Waals surface area contributed by atoms with Crippen molar-refractivity contribution in [3.63, 3.8) is 0 Å². The van der Waals surface area contributed by atoms with E-state index in [4.69, 9.17) is 34.8 Å². The lowest BCUT2D eigenvalue weighted by atomic mass is 10.1. The van der Waals surface area contributed by atoms with E-state index in [1.807, 2.05) is 24.3 Å². The summed E-state index contributed by atoms with van der Waals surface area (Å²) >= 11 is 0. The lowest BCUT2D eigenvalue weighted by molar-refractivity contribution is -0.384. The molecule has 0 amide bonds. The van der Waals surface area contributed by atoms with Crippen LogP contribution in [0.4, 0.5) is 10.5 Å². The molecule has 10 heteroatoms. The molecule has 0 unspecified atom stereocenters. The van der Waals surface area contributed by atoms with E-state index in [1.54, 1.807) is 0 Å². The van der Waals surface area contributed by atoms with Crippen molar-refractivity contribution in [2.75, 3.05) is 52.9 Å². The van der Waals surface area contributed by atoms with Crippen LogP contribution in [0.3, 0.4) is 0 Å². The molecule has 0 saturated carbocycles. The SMILES string of the molecule is C#Cc1ccc(COCCOCCOCCOCCOC(=O)Oc2ccc([N+](=O)[O-])cc2)cc1. The highest BCUT2D eigenvalue weighted by molar-refractivity contribution is 5.63. The number of non-ortho nitro benzene ring substituents is 1. The molecule has 0 aromatic heterocycles. The first-order chi connectivity index (χ1) is 16.6. The summed E-state index contributed by atoms with van der Waals surface area (Å²) < 4.78 is 31.4. The fourth-order valence-electron chi connectivity index (χ4n) is 2.49. The van der Waals surface area contributed by atoms with Gasteiger partial charge < -0.3 is 28.4 Å². The Hall–Kier alpha value is -3.49. The minimum Gasteiger partial charge on any atom is -0.432 e. The topological polar surface area (TPSA) is 116 Å². The summed E-state index contributed by atoms with van der Waals surface area (Å²) in [5.41, 5.74) is 1.79. The summed E-state index contributed by atoms with van der Waals surface area (Å²) in [5.74, 6) is 2.72. The van der Waals surface area contributed by atoms with E-state index in [2.05, 4.69) is 5.92 Å². The maximum absolute atomic E-state index is 11.5. The van der Waals surface area contributed by atoms with Crippen LogP contribution >= 0.6 is 0 Å². The highest BCUT2D eigenvalue weighted by Crippen LogP contribution is 2.17. The molecule has 2 aromatic carbocycles. The van der Waals surface area contributed by atoms with Crippen LogP contribution in [0.15, 0.2) is 48.5 Å². The van der Waals surface area contributed by atoms with Crippen molar-refractivity contribution in [3.05, 3.63) is 69.8 Å². The van der Waals surface area contributed by atoms with E-state index in [0.717, 1.165) is 11.1 Å². The predicted octanol–water partition coefficient (Wildman–Crippen LogP) is 3.36. The molecule has 0 N–H and O–H groups in total. The Morgan fingerprint density at radius 3 is 1.85 bits per heavy atom. The lowest BCUT2D eigenvalue weighted by Crippen LogP contribution is -2.16. The number of benzene rings is 2. The average Bonchev–Trinajstić information content (AvgIpc) is 2.85. The molecule has 2 aromatic rings. The fourth-order valence-corrected chi connectivity index (χ4v) is 2.49. The molecule has 0 radical (unpaired) electrons. The van der Waals surface area contributed by atoms with Crippen LogP contribution in [0, 0.1) is 22.5 Å². The van der Waals surface area contributed by atoms with Gasteiger partial charge in [0.1, 0.15) is 12.4 Å². The van der Waals surface area contributed by atoms with Gasteiger partial charge >= 0.3 is 6.16 Å². The Balaban J connectivity index is 1.35. The number of carbonyl (C=O) groups is 1. The number of rotatable bonds is 16. The third-order valence-electron chi connectivity index (χ3n) is 4.20. The molecular weight excluding hydrogens is 446 g/mol. The molecule has 0 atom stereocenters. The Labute approximate surface area is 197 Å². The van der Waals surface area contributed by atoms with Crippen LogP contribution in [0.25, 0.3) is 0 Å². The zero-order valence-electron chi connectivity index (χ0n) is 18.7. The quantitative estimate of drug-likeness (QED) is 0.0903. The number of ether oxygens (including phenoxy) is 6. The minimum absolute atomic E-state index is 0.00295. The molecule has 0 spiro atoms. The van der Waals surface area contributed by atoms with Crippen LogP contribution in [-0.2, 0) is 30.3 Å². The van der Waals surface area contributed by atoms with Gasteiger partial charge in [0.15, 0.2) is 0 Å². The third kappa shape index (κ3) is 11.4. The molecule has 0 saturated heterocycles. The summed E-state index contributed by atoms with van der Waals surface area (Å²) in [6.07, 6.45) is 4.40. The Morgan fingerprint density at radius 1 is 0.794 bits per heavy atom. The van der Waals surface area contributed by atoms with E-state index < -0.39 is 11.1 Å². The van der Waals surface area contributed by atoms with E-state index in [9.17, 15) is 14.9 Å². The summed E-state index contributed by atoms with van der Waals surface area (Å²) in [7, 11) is 0. The first kappa shape index (κ1) is 26.8. The first-order valence-corrected chi connectivity index (χ1v) is 10.5. The predicted molar refractivity (Wildman–Crippen MR) is 122 cm³/mol. The number of nitrogens with zero attached hydrogens (tertiary/aromatic N) is 1. The van der Waals surface area contributed by atoms with Crippen LogP contribution in [0.1, 0.15) is 11.1 Å². The third-order valence-corrected chi connectivity index (χ3v) is 4.20. The van der Waals surface area contributed by atoms with Gasteiger partial charge in [-0.2, -0.15) is 0 Å². The largest absolute Gasteiger partial charge is 0.513 e. The zero-order chi connectivity index (χ0) is 24.4. The standard InChI is InChI=1S/C24H27NO9/c1-2-20-3-5-21(6-4-20)19-32-16-15-30-12-11-29-13-14-31-17-18-33-24(26)34-23-9-7-22(8-10-23)25(27)28/h1,3-10H,11-19H2. The molecule has 182 valence electrons. The second-order valence-electron chi connectivity index (χ2n) is 6.68. The van der Waals surface area contributed by atoms with Crippen LogP contribution in [0.5, 0.6) is 5.75 Å². The van der Waals surface area contributed by atoms with Crippen LogP contribution in [-0.4, -0.2) is 63.9 Å². The number of terminal acetylenes is 1. The Bertz CT molecular complexity index is 908. The van der Waals surface area contributed by atoms with Crippen LogP contribution < -0.4 is 4.74 Å². The zero-order valence-corrected chi connectivity index (χ0v) is 18.7. The summed E-state index contributed by atoms with van der Waals surface area (Å²) in [5, 5.41) is 10.6. The molecule has 0 aliphatic rings. The van der Waals surface area contributed by atoms with Gasteiger partial charge in [-0.3, -0.25) is 10.1 Å². The Morgan fingerprint density at radius 2 is 1.32 bits per heavy atom. The van der Waals surface area contributed by atoms with E-state index >= 15 is 0 Å². The maximum atomic E-state index is 11.5. The summed E-state index contributed by atoms with van der Waals surface area (Å²) in [4.78, 5) is 21.6. The maximum Gasteiger partial charge on any atom is 0.513 e. The van der Waals surface area contributed by atoms with Crippen molar-refractivity contribution in [1.29, 1.82) is 0 Å². The molecule has 0 fully saturated rings. The second-order valence-corrected chi connectivity index (χ2v) is 6.68. The highest BCUT2D eigenvalue weighted by Gasteiger charge is 2.09. The van der Waals surface area contributed by atoms with Gasteiger partial charge in [0.25, 0.3) is 5.69 Å². The lowest BCUT2D eigenvalue weighted by Gasteiger charge is -2.08. The average molecular weight is 473 g/mol. The van der Waals surface area contributed by atoms with Crippen molar-refractivity contribution in [3.8, 4) is 18.1 Å². The molecule has 10 nitrogen and oxygen atoms in total. The van der Waals surface area contributed by atoms with Gasteiger partial charge in [-0.15, -0.1) is 6.42 Å². The number of nitro benzene ring substituents is 1. The number of hydrogen-bond acceptors (Lipinski definition) is 9. The molecule has 0 heterocycles. The summed E-state index contributed by atoms with van der Waals surface area (Å²) in [6.45, 7) is 3.21. The molecule has 0 aliphatic carbocycles. The van der Waals surface area contributed by atoms with Gasteiger partial charge in [0.05, 0.1) is 57.8 Å². The number of nitro groups is 1. The highest BCUT2D eigenvalue weighted by atomic mass is 16.7. The van der Waals surface area contributed by atoms with Crippen molar-refractivity contribution in [2.45, 2.75) is 6.61 Å². The smallest absolute Gasteiger partial charge is 0.432 e. The van der Waals surface area contributed by atoms with E-state index in [-0.39, 0.29) is 24.7 Å². The van der Waals surface area contributed by atoms with Gasteiger partial charge in [-0.25, -0.2) is 4.79 Å². The van der Waals surface area contributed by atoms with Gasteiger partial charge in [0.2, 0.25) is 0 Å². The second kappa shape index (κ2) is 16.2. The van der Waals surface area contributed by atoms with Crippen LogP contribution in [0.2, 0.25) is 0 Å². The van der Waals surface area contributed by atoms with Crippen molar-refractivity contribution in [1.82, 2.24) is 0 Å².